The van der Waals surface area contributed by atoms with Gasteiger partial charge in [0, 0.05) is 6.61 Å². The van der Waals surface area contributed by atoms with Gasteiger partial charge >= 0.3 is 0 Å². The van der Waals surface area contributed by atoms with E-state index in [1.54, 1.807) is 6.92 Å². The van der Waals surface area contributed by atoms with E-state index in [9.17, 15) is 5.11 Å². The van der Waals surface area contributed by atoms with Gasteiger partial charge in [0.15, 0.2) is 5.82 Å². The molecule has 2 unspecified atom stereocenters. The second kappa shape index (κ2) is 3.43. The van der Waals surface area contributed by atoms with Crippen molar-refractivity contribution in [2.45, 2.75) is 25.4 Å². The van der Waals surface area contributed by atoms with Crippen LogP contribution in [0, 0.1) is 6.92 Å². The second-order valence-electron chi connectivity index (χ2n) is 3.22. The Kier molecular flexibility index (Phi) is 2.28. The molecule has 2 rings (SSSR count). The highest BCUT2D eigenvalue weighted by molar-refractivity contribution is 4.97. The third-order valence-corrected chi connectivity index (χ3v) is 2.18. The van der Waals surface area contributed by atoms with Crippen LogP contribution in [-0.4, -0.2) is 34.6 Å². The van der Waals surface area contributed by atoms with E-state index in [0.29, 0.717) is 31.3 Å². The summed E-state index contributed by atoms with van der Waals surface area (Å²) < 4.78 is 10.2. The van der Waals surface area contributed by atoms with E-state index in [0.717, 1.165) is 0 Å². The molecule has 2 atom stereocenters. The lowest BCUT2D eigenvalue weighted by Gasteiger charge is -2.24. The van der Waals surface area contributed by atoms with Crippen LogP contribution in [0.5, 0.6) is 0 Å². The minimum absolute atomic E-state index is 0.157. The Morgan fingerprint density at radius 2 is 2.38 bits per heavy atom. The van der Waals surface area contributed by atoms with Crippen LogP contribution in [0.4, 0.5) is 0 Å². The fourth-order valence-electron chi connectivity index (χ4n) is 1.43. The first kappa shape index (κ1) is 8.65. The fourth-order valence-corrected chi connectivity index (χ4v) is 1.43. The van der Waals surface area contributed by atoms with Gasteiger partial charge in [0.05, 0.1) is 18.6 Å². The first-order valence-electron chi connectivity index (χ1n) is 4.33. The van der Waals surface area contributed by atoms with E-state index in [1.807, 2.05) is 0 Å². The fraction of sp³-hybridized carbons (Fsp3) is 0.750. The van der Waals surface area contributed by atoms with Crippen molar-refractivity contribution in [2.24, 2.45) is 0 Å². The van der Waals surface area contributed by atoms with Crippen LogP contribution in [0.15, 0.2) is 4.52 Å². The third kappa shape index (κ3) is 1.71. The maximum atomic E-state index is 9.62. The summed E-state index contributed by atoms with van der Waals surface area (Å²) in [6.07, 6.45) is 0.208. The molecular formula is C8H12N2O3. The predicted molar refractivity (Wildman–Crippen MR) is 43.2 cm³/mol. The summed E-state index contributed by atoms with van der Waals surface area (Å²) in [5, 5.41) is 13.3. The molecule has 1 saturated heterocycles. The maximum absolute atomic E-state index is 9.62. The number of nitrogens with zero attached hydrogens (tertiary/aromatic N) is 2. The Labute approximate surface area is 75.7 Å². The number of aryl methyl sites for hydroxylation is 1. The zero-order valence-corrected chi connectivity index (χ0v) is 7.43. The van der Waals surface area contributed by atoms with Gasteiger partial charge in [-0.3, -0.25) is 0 Å². The molecule has 13 heavy (non-hydrogen) atoms. The number of aromatic nitrogens is 2. The molecule has 1 aromatic heterocycles. The lowest BCUT2D eigenvalue weighted by molar-refractivity contribution is -0.0149. The highest BCUT2D eigenvalue weighted by Gasteiger charge is 2.29. The molecule has 0 bridgehead atoms. The minimum atomic E-state index is -0.423. The molecule has 1 fully saturated rings. The first-order chi connectivity index (χ1) is 6.27. The molecule has 0 spiro atoms. The van der Waals surface area contributed by atoms with Gasteiger partial charge in [-0.1, -0.05) is 5.16 Å². The average Bonchev–Trinajstić information content (AvgIpc) is 2.53. The lowest BCUT2D eigenvalue weighted by atomic mass is 9.99. The van der Waals surface area contributed by atoms with Crippen molar-refractivity contribution >= 4 is 0 Å². The maximum Gasteiger partial charge on any atom is 0.234 e. The van der Waals surface area contributed by atoms with Crippen LogP contribution in [0.25, 0.3) is 0 Å². The van der Waals surface area contributed by atoms with E-state index >= 15 is 0 Å². The van der Waals surface area contributed by atoms with Gasteiger partial charge in [0.25, 0.3) is 0 Å². The SMILES string of the molecule is Cc1noc(C2COCCC2O)n1. The summed E-state index contributed by atoms with van der Waals surface area (Å²) in [5.41, 5.74) is 0. The lowest BCUT2D eigenvalue weighted by Crippen LogP contribution is -2.30. The Balaban J connectivity index is 2.14. The molecule has 0 aliphatic carbocycles. The largest absolute Gasteiger partial charge is 0.392 e. The molecule has 1 aliphatic rings. The van der Waals surface area contributed by atoms with Gasteiger partial charge in [-0.15, -0.1) is 0 Å². The van der Waals surface area contributed by atoms with Gasteiger partial charge < -0.3 is 14.4 Å². The van der Waals surface area contributed by atoms with Gasteiger partial charge in [-0.25, -0.2) is 0 Å². The molecule has 0 saturated carbocycles. The normalized spacial score (nSPS) is 29.1. The summed E-state index contributed by atoms with van der Waals surface area (Å²) in [5.74, 6) is 0.910. The number of aliphatic hydroxyl groups excluding tert-OH is 1. The second-order valence-corrected chi connectivity index (χ2v) is 3.22. The van der Waals surface area contributed by atoms with Crippen molar-refractivity contribution < 1.29 is 14.4 Å². The molecular weight excluding hydrogens is 172 g/mol. The van der Waals surface area contributed by atoms with Crippen molar-refractivity contribution in [3.63, 3.8) is 0 Å². The molecule has 0 aromatic carbocycles. The molecule has 72 valence electrons. The molecule has 0 radical (unpaired) electrons. The summed E-state index contributed by atoms with van der Waals surface area (Å²) >= 11 is 0. The summed E-state index contributed by atoms with van der Waals surface area (Å²) in [6.45, 7) is 2.82. The summed E-state index contributed by atoms with van der Waals surface area (Å²) in [4.78, 5) is 4.07. The van der Waals surface area contributed by atoms with E-state index in [-0.39, 0.29) is 5.92 Å². The van der Waals surface area contributed by atoms with Crippen molar-refractivity contribution in [2.75, 3.05) is 13.2 Å². The first-order valence-corrected chi connectivity index (χ1v) is 4.33. The third-order valence-electron chi connectivity index (χ3n) is 2.18. The van der Waals surface area contributed by atoms with Crippen LogP contribution < -0.4 is 0 Å². The molecule has 0 amide bonds. The van der Waals surface area contributed by atoms with Crippen molar-refractivity contribution in [1.82, 2.24) is 10.1 Å². The minimum Gasteiger partial charge on any atom is -0.392 e. The van der Waals surface area contributed by atoms with Crippen molar-refractivity contribution in [3.8, 4) is 0 Å². The van der Waals surface area contributed by atoms with Crippen LogP contribution in [0.3, 0.4) is 0 Å². The van der Waals surface area contributed by atoms with E-state index in [2.05, 4.69) is 10.1 Å². The number of hydrogen-bond donors (Lipinski definition) is 1. The van der Waals surface area contributed by atoms with Crippen molar-refractivity contribution in [1.29, 1.82) is 0 Å². The summed E-state index contributed by atoms with van der Waals surface area (Å²) in [7, 11) is 0. The average molecular weight is 184 g/mol. The van der Waals surface area contributed by atoms with Crippen LogP contribution in [-0.2, 0) is 4.74 Å². The van der Waals surface area contributed by atoms with E-state index in [1.165, 1.54) is 0 Å². The molecule has 1 aliphatic heterocycles. The number of rotatable bonds is 1. The van der Waals surface area contributed by atoms with Crippen LogP contribution in [0.1, 0.15) is 24.1 Å². The zero-order chi connectivity index (χ0) is 9.26. The van der Waals surface area contributed by atoms with Crippen LogP contribution in [0.2, 0.25) is 0 Å². The Morgan fingerprint density at radius 3 is 3.00 bits per heavy atom. The van der Waals surface area contributed by atoms with Gasteiger partial charge in [0.1, 0.15) is 0 Å². The monoisotopic (exact) mass is 184 g/mol. The Bertz CT molecular complexity index is 287. The molecule has 5 nitrogen and oxygen atoms in total. The molecule has 1 N–H and O–H groups in total. The van der Waals surface area contributed by atoms with Crippen molar-refractivity contribution in [3.05, 3.63) is 11.7 Å². The molecule has 5 heteroatoms. The number of hydrogen-bond acceptors (Lipinski definition) is 5. The van der Waals surface area contributed by atoms with E-state index < -0.39 is 6.10 Å². The topological polar surface area (TPSA) is 68.4 Å². The van der Waals surface area contributed by atoms with Gasteiger partial charge in [0.2, 0.25) is 5.89 Å². The highest BCUT2D eigenvalue weighted by atomic mass is 16.5. The smallest absolute Gasteiger partial charge is 0.234 e. The Hall–Kier alpha value is -0.940. The molecule has 1 aromatic rings. The van der Waals surface area contributed by atoms with Gasteiger partial charge in [-0.05, 0) is 13.3 Å². The van der Waals surface area contributed by atoms with Gasteiger partial charge in [-0.2, -0.15) is 4.98 Å². The highest BCUT2D eigenvalue weighted by Crippen LogP contribution is 2.24. The summed E-state index contributed by atoms with van der Waals surface area (Å²) in [6, 6.07) is 0. The number of aliphatic hydroxyl groups is 1. The van der Waals surface area contributed by atoms with Crippen LogP contribution >= 0.6 is 0 Å². The zero-order valence-electron chi connectivity index (χ0n) is 7.43. The quantitative estimate of drug-likeness (QED) is 0.677. The standard InChI is InChI=1S/C8H12N2O3/c1-5-9-8(13-10-5)6-4-12-3-2-7(6)11/h6-7,11H,2-4H2,1H3. The molecule has 2 heterocycles. The van der Waals surface area contributed by atoms with E-state index in [4.69, 9.17) is 9.26 Å². The number of ether oxygens (including phenoxy) is 1. The predicted octanol–water partition coefficient (Wildman–Crippen LogP) is 0.243. The Morgan fingerprint density at radius 1 is 1.54 bits per heavy atom.